The van der Waals surface area contributed by atoms with E-state index in [4.69, 9.17) is 0 Å². The molecule has 0 atom stereocenters. The predicted octanol–water partition coefficient (Wildman–Crippen LogP) is 8.23. The first-order chi connectivity index (χ1) is 13.9. The molecule has 0 spiro atoms. The van der Waals surface area contributed by atoms with Gasteiger partial charge in [0, 0.05) is 0 Å². The van der Waals surface area contributed by atoms with E-state index in [1.807, 2.05) is 0 Å². The molecule has 0 N–H and O–H groups in total. The van der Waals surface area contributed by atoms with Gasteiger partial charge in [0.05, 0.1) is 0 Å². The van der Waals surface area contributed by atoms with Crippen molar-refractivity contribution in [2.24, 2.45) is 0 Å². The van der Waals surface area contributed by atoms with E-state index in [2.05, 4.69) is 113 Å². The van der Waals surface area contributed by atoms with Crippen molar-refractivity contribution < 1.29 is 0 Å². The molecular weight excluding hydrogens is 348 g/mol. The second kappa shape index (κ2) is 7.72. The van der Waals surface area contributed by atoms with Gasteiger partial charge in [-0.15, -0.1) is 0 Å². The Balaban J connectivity index is 2.00. The number of rotatable bonds is 3. The summed E-state index contributed by atoms with van der Waals surface area (Å²) in [6.45, 7) is 10.9. The zero-order chi connectivity index (χ0) is 20.5. The number of hydrogen-bond donors (Lipinski definition) is 0. The van der Waals surface area contributed by atoms with E-state index in [1.54, 1.807) is 0 Å². The van der Waals surface area contributed by atoms with Crippen LogP contribution in [0.25, 0.3) is 33.4 Å². The van der Waals surface area contributed by atoms with Crippen LogP contribution >= 0.6 is 0 Å². The van der Waals surface area contributed by atoms with Crippen molar-refractivity contribution in [1.82, 2.24) is 0 Å². The zero-order valence-electron chi connectivity index (χ0n) is 18.0. The maximum atomic E-state index is 2.35. The minimum absolute atomic E-state index is 1.27. The normalized spacial score (nSPS) is 10.9. The Morgan fingerprint density at radius 2 is 0.862 bits per heavy atom. The highest BCUT2D eigenvalue weighted by Crippen LogP contribution is 2.36. The maximum Gasteiger partial charge on any atom is -0.0152 e. The number of hydrogen-bond acceptors (Lipinski definition) is 0. The summed E-state index contributed by atoms with van der Waals surface area (Å²) in [5, 5.41) is 0. The molecule has 0 nitrogen and oxygen atoms in total. The molecule has 144 valence electrons. The van der Waals surface area contributed by atoms with Crippen LogP contribution in [0.15, 0.2) is 78.9 Å². The summed E-state index contributed by atoms with van der Waals surface area (Å²) in [6, 6.07) is 29.2. The van der Waals surface area contributed by atoms with Gasteiger partial charge in [0.15, 0.2) is 0 Å². The smallest absolute Gasteiger partial charge is 0.0152 e. The minimum Gasteiger partial charge on any atom is -0.0614 e. The Morgan fingerprint density at radius 3 is 1.38 bits per heavy atom. The molecule has 0 radical (unpaired) electrons. The maximum absolute atomic E-state index is 2.35. The third kappa shape index (κ3) is 4.03. The van der Waals surface area contributed by atoms with E-state index in [0.717, 1.165) is 0 Å². The third-order valence-electron chi connectivity index (χ3n) is 5.69. The molecular formula is C29H28. The quantitative estimate of drug-likeness (QED) is 0.338. The average Bonchev–Trinajstić information content (AvgIpc) is 2.71. The fraction of sp³-hybridized carbons (Fsp3) is 0.172. The molecule has 0 unspecified atom stereocenters. The van der Waals surface area contributed by atoms with E-state index in [-0.39, 0.29) is 0 Å². The van der Waals surface area contributed by atoms with E-state index < -0.39 is 0 Å². The van der Waals surface area contributed by atoms with E-state index in [1.165, 1.54) is 61.2 Å². The van der Waals surface area contributed by atoms with Gasteiger partial charge in [0.25, 0.3) is 0 Å². The highest BCUT2D eigenvalue weighted by Gasteiger charge is 2.11. The summed E-state index contributed by atoms with van der Waals surface area (Å²) in [6.07, 6.45) is 0. The zero-order valence-corrected chi connectivity index (χ0v) is 18.0. The monoisotopic (exact) mass is 376 g/mol. The molecule has 4 aromatic carbocycles. The summed E-state index contributed by atoms with van der Waals surface area (Å²) in [4.78, 5) is 0. The molecule has 4 aromatic rings. The van der Waals surface area contributed by atoms with Gasteiger partial charge in [0.2, 0.25) is 0 Å². The molecule has 0 heteroatoms. The molecule has 0 aliphatic carbocycles. The standard InChI is InChI=1S/C29H28/c1-19-7-6-8-24(13-19)25-16-26(28-14-20(2)9-11-22(28)4)18-27(17-25)29-15-21(3)10-12-23(29)5/h6-18H,1-5H3. The van der Waals surface area contributed by atoms with Crippen LogP contribution in [0.4, 0.5) is 0 Å². The fourth-order valence-corrected chi connectivity index (χ4v) is 4.02. The van der Waals surface area contributed by atoms with Gasteiger partial charge in [-0.3, -0.25) is 0 Å². The minimum atomic E-state index is 1.27. The second-order valence-corrected chi connectivity index (χ2v) is 8.31. The highest BCUT2D eigenvalue weighted by atomic mass is 14.2. The Labute approximate surface area is 174 Å². The molecule has 0 amide bonds. The van der Waals surface area contributed by atoms with Crippen molar-refractivity contribution >= 4 is 0 Å². The lowest BCUT2D eigenvalue weighted by Crippen LogP contribution is -1.91. The Hall–Kier alpha value is -3.12. The van der Waals surface area contributed by atoms with Crippen LogP contribution in [0, 0.1) is 34.6 Å². The lowest BCUT2D eigenvalue weighted by molar-refractivity contribution is 1.38. The van der Waals surface area contributed by atoms with E-state index in [0.29, 0.717) is 0 Å². The Morgan fingerprint density at radius 1 is 0.379 bits per heavy atom. The van der Waals surface area contributed by atoms with Gasteiger partial charge < -0.3 is 0 Å². The summed E-state index contributed by atoms with van der Waals surface area (Å²) in [5.41, 5.74) is 14.2. The first-order valence-corrected chi connectivity index (χ1v) is 10.3. The third-order valence-corrected chi connectivity index (χ3v) is 5.69. The van der Waals surface area contributed by atoms with E-state index in [9.17, 15) is 0 Å². The molecule has 0 aliphatic heterocycles. The molecule has 0 saturated heterocycles. The van der Waals surface area contributed by atoms with Crippen LogP contribution in [-0.4, -0.2) is 0 Å². The lowest BCUT2D eigenvalue weighted by Gasteiger charge is -2.15. The van der Waals surface area contributed by atoms with Gasteiger partial charge in [0.1, 0.15) is 0 Å². The summed E-state index contributed by atoms with van der Waals surface area (Å²) in [5.74, 6) is 0. The van der Waals surface area contributed by atoms with Crippen LogP contribution in [-0.2, 0) is 0 Å². The SMILES string of the molecule is Cc1cccc(-c2cc(-c3cc(C)ccc3C)cc(-c3cc(C)ccc3C)c2)c1. The number of aryl methyl sites for hydroxylation is 5. The lowest BCUT2D eigenvalue weighted by atomic mass is 9.89. The van der Waals surface area contributed by atoms with Crippen molar-refractivity contribution in [3.63, 3.8) is 0 Å². The van der Waals surface area contributed by atoms with Crippen molar-refractivity contribution in [3.05, 3.63) is 107 Å². The van der Waals surface area contributed by atoms with Crippen LogP contribution in [0.5, 0.6) is 0 Å². The second-order valence-electron chi connectivity index (χ2n) is 8.31. The predicted molar refractivity (Wildman–Crippen MR) is 126 cm³/mol. The first kappa shape index (κ1) is 19.2. The van der Waals surface area contributed by atoms with Crippen molar-refractivity contribution in [1.29, 1.82) is 0 Å². The van der Waals surface area contributed by atoms with E-state index >= 15 is 0 Å². The van der Waals surface area contributed by atoms with Crippen LogP contribution in [0.1, 0.15) is 27.8 Å². The topological polar surface area (TPSA) is 0 Å². The van der Waals surface area contributed by atoms with Crippen LogP contribution in [0.3, 0.4) is 0 Å². The van der Waals surface area contributed by atoms with Gasteiger partial charge in [-0.25, -0.2) is 0 Å². The summed E-state index contributed by atoms with van der Waals surface area (Å²) in [7, 11) is 0. The molecule has 0 aromatic heterocycles. The molecule has 29 heavy (non-hydrogen) atoms. The molecule has 4 rings (SSSR count). The Kier molecular flexibility index (Phi) is 5.11. The highest BCUT2D eigenvalue weighted by molar-refractivity contribution is 5.83. The van der Waals surface area contributed by atoms with Gasteiger partial charge in [-0.1, -0.05) is 77.4 Å². The van der Waals surface area contributed by atoms with Gasteiger partial charge >= 0.3 is 0 Å². The largest absolute Gasteiger partial charge is 0.0614 e. The van der Waals surface area contributed by atoms with Crippen LogP contribution < -0.4 is 0 Å². The van der Waals surface area contributed by atoms with Gasteiger partial charge in [-0.05, 0) is 97.3 Å². The van der Waals surface area contributed by atoms with Crippen molar-refractivity contribution in [2.75, 3.05) is 0 Å². The van der Waals surface area contributed by atoms with Crippen molar-refractivity contribution in [2.45, 2.75) is 34.6 Å². The molecule has 0 fully saturated rings. The Bertz CT molecular complexity index is 1120. The molecule has 0 bridgehead atoms. The average molecular weight is 377 g/mol. The van der Waals surface area contributed by atoms with Gasteiger partial charge in [-0.2, -0.15) is 0 Å². The van der Waals surface area contributed by atoms with Crippen molar-refractivity contribution in [3.8, 4) is 33.4 Å². The molecule has 0 heterocycles. The first-order valence-electron chi connectivity index (χ1n) is 10.3. The summed E-state index contributed by atoms with van der Waals surface area (Å²) < 4.78 is 0. The fourth-order valence-electron chi connectivity index (χ4n) is 4.02. The molecule has 0 saturated carbocycles. The molecule has 0 aliphatic rings. The van der Waals surface area contributed by atoms with Crippen LogP contribution in [0.2, 0.25) is 0 Å². The summed E-state index contributed by atoms with van der Waals surface area (Å²) >= 11 is 0. The number of benzene rings is 4.